The normalized spacial score (nSPS) is 15.5. The quantitative estimate of drug-likeness (QED) is 0.705. The SMILES string of the molecule is Cc1cccc(S(=O)(=O)c2nc(Nc3c4c(cc5c3CCC5)CCC4)n[nH]2)c1. The van der Waals surface area contributed by atoms with Crippen LogP contribution in [-0.4, -0.2) is 23.6 Å². The zero-order valence-corrected chi connectivity index (χ0v) is 16.6. The fourth-order valence-electron chi connectivity index (χ4n) is 4.40. The number of H-pyrrole nitrogens is 1. The highest BCUT2D eigenvalue weighted by atomic mass is 32.2. The molecule has 2 N–H and O–H groups in total. The summed E-state index contributed by atoms with van der Waals surface area (Å²) >= 11 is 0. The van der Waals surface area contributed by atoms with E-state index >= 15 is 0 Å². The van der Waals surface area contributed by atoms with Crippen LogP contribution in [0.15, 0.2) is 40.4 Å². The Balaban J connectivity index is 1.51. The molecule has 3 aromatic rings. The summed E-state index contributed by atoms with van der Waals surface area (Å²) in [5.41, 5.74) is 7.48. The number of sulfone groups is 1. The lowest BCUT2D eigenvalue weighted by Crippen LogP contribution is -2.05. The Labute approximate surface area is 164 Å². The maximum atomic E-state index is 12.9. The number of hydrogen-bond acceptors (Lipinski definition) is 5. The second kappa shape index (κ2) is 6.44. The molecular weight excluding hydrogens is 372 g/mol. The van der Waals surface area contributed by atoms with Crippen molar-refractivity contribution in [2.24, 2.45) is 0 Å². The van der Waals surface area contributed by atoms with Gasteiger partial charge in [0.15, 0.2) is 0 Å². The minimum absolute atomic E-state index is 0.134. The molecule has 7 heteroatoms. The van der Waals surface area contributed by atoms with Crippen molar-refractivity contribution in [3.63, 3.8) is 0 Å². The second-order valence-corrected chi connectivity index (χ2v) is 9.51. The van der Waals surface area contributed by atoms with Crippen LogP contribution in [-0.2, 0) is 35.5 Å². The molecule has 0 radical (unpaired) electrons. The molecule has 2 aromatic carbocycles. The van der Waals surface area contributed by atoms with Gasteiger partial charge in [-0.3, -0.25) is 0 Å². The fourth-order valence-corrected chi connectivity index (χ4v) is 5.59. The van der Waals surface area contributed by atoms with Crippen molar-refractivity contribution in [2.75, 3.05) is 5.32 Å². The van der Waals surface area contributed by atoms with Gasteiger partial charge >= 0.3 is 0 Å². The zero-order valence-electron chi connectivity index (χ0n) is 15.7. The van der Waals surface area contributed by atoms with E-state index in [4.69, 9.17) is 0 Å². The highest BCUT2D eigenvalue weighted by Crippen LogP contribution is 2.39. The average molecular weight is 395 g/mol. The largest absolute Gasteiger partial charge is 0.322 e. The van der Waals surface area contributed by atoms with Gasteiger partial charge in [-0.05, 0) is 85.4 Å². The van der Waals surface area contributed by atoms with Gasteiger partial charge in [-0.25, -0.2) is 13.5 Å². The second-order valence-electron chi connectivity index (χ2n) is 7.64. The minimum Gasteiger partial charge on any atom is -0.322 e. The molecule has 2 aliphatic carbocycles. The van der Waals surface area contributed by atoms with Crippen molar-refractivity contribution in [2.45, 2.75) is 55.5 Å². The highest BCUT2D eigenvalue weighted by Gasteiger charge is 2.26. The predicted molar refractivity (Wildman–Crippen MR) is 107 cm³/mol. The molecule has 0 bridgehead atoms. The molecule has 1 heterocycles. The van der Waals surface area contributed by atoms with Crippen molar-refractivity contribution in [1.29, 1.82) is 0 Å². The molecule has 0 unspecified atom stereocenters. The number of nitrogens with zero attached hydrogens (tertiary/aromatic N) is 2. The van der Waals surface area contributed by atoms with Crippen LogP contribution in [0.5, 0.6) is 0 Å². The number of benzene rings is 2. The molecule has 144 valence electrons. The third kappa shape index (κ3) is 2.81. The molecule has 0 aliphatic heterocycles. The first kappa shape index (κ1) is 17.4. The van der Waals surface area contributed by atoms with Gasteiger partial charge in [-0.15, -0.1) is 5.10 Å². The van der Waals surface area contributed by atoms with Crippen LogP contribution in [0.4, 0.5) is 11.6 Å². The lowest BCUT2D eigenvalue weighted by Gasteiger charge is -2.15. The van der Waals surface area contributed by atoms with Gasteiger partial charge in [0.1, 0.15) is 0 Å². The van der Waals surface area contributed by atoms with Crippen molar-refractivity contribution in [3.05, 3.63) is 58.1 Å². The monoisotopic (exact) mass is 394 g/mol. The lowest BCUT2D eigenvalue weighted by atomic mass is 9.99. The van der Waals surface area contributed by atoms with E-state index in [0.717, 1.165) is 49.8 Å². The molecule has 2 aliphatic rings. The number of aryl methyl sites for hydroxylation is 3. The van der Waals surface area contributed by atoms with Gasteiger partial charge in [0.2, 0.25) is 20.9 Å². The van der Waals surface area contributed by atoms with Crippen LogP contribution >= 0.6 is 0 Å². The van der Waals surface area contributed by atoms with Crippen molar-refractivity contribution < 1.29 is 8.42 Å². The summed E-state index contributed by atoms with van der Waals surface area (Å²) in [6.45, 7) is 1.86. The molecule has 0 fully saturated rings. The van der Waals surface area contributed by atoms with Crippen LogP contribution in [0.3, 0.4) is 0 Å². The standard InChI is InChI=1S/C21H22N4O2S/c1-13-5-2-8-16(11-13)28(26,27)21-23-20(24-25-21)22-19-17-9-3-6-14(17)12-15-7-4-10-18(15)19/h2,5,8,11-12H,3-4,6-7,9-10H2,1H3,(H2,22,23,24,25). The molecule has 0 amide bonds. The number of nitrogens with one attached hydrogen (secondary N) is 2. The van der Waals surface area contributed by atoms with Crippen molar-refractivity contribution >= 4 is 21.5 Å². The van der Waals surface area contributed by atoms with Gasteiger partial charge in [0.25, 0.3) is 0 Å². The Morgan fingerprint density at radius 3 is 2.39 bits per heavy atom. The summed E-state index contributed by atoms with van der Waals surface area (Å²) in [4.78, 5) is 4.49. The summed E-state index contributed by atoms with van der Waals surface area (Å²) < 4.78 is 25.7. The highest BCUT2D eigenvalue weighted by molar-refractivity contribution is 7.91. The van der Waals surface area contributed by atoms with Gasteiger partial charge < -0.3 is 5.32 Å². The first-order valence-electron chi connectivity index (χ1n) is 9.70. The lowest BCUT2D eigenvalue weighted by molar-refractivity contribution is 0.587. The number of anilines is 2. The average Bonchev–Trinajstić information content (AvgIpc) is 3.41. The molecule has 6 nitrogen and oxygen atoms in total. The predicted octanol–water partition coefficient (Wildman–Crippen LogP) is 3.67. The number of rotatable bonds is 4. The van der Waals surface area contributed by atoms with E-state index < -0.39 is 9.84 Å². The summed E-state index contributed by atoms with van der Waals surface area (Å²) in [6.07, 6.45) is 6.63. The number of fused-ring (bicyclic) bond motifs is 2. The number of hydrogen-bond donors (Lipinski definition) is 2. The number of aromatic amines is 1. The smallest absolute Gasteiger partial charge is 0.249 e. The Bertz CT molecular complexity index is 1150. The third-order valence-corrected chi connectivity index (χ3v) is 7.30. The Morgan fingerprint density at radius 2 is 1.71 bits per heavy atom. The summed E-state index contributed by atoms with van der Waals surface area (Å²) in [5, 5.41) is 9.97. The summed E-state index contributed by atoms with van der Waals surface area (Å²) in [5.74, 6) is 0.306. The zero-order chi connectivity index (χ0) is 19.3. The molecule has 1 aromatic heterocycles. The molecule has 5 rings (SSSR count). The molecule has 0 atom stereocenters. The molecule has 0 spiro atoms. The first-order valence-corrected chi connectivity index (χ1v) is 11.2. The molecule has 0 saturated carbocycles. The molecular formula is C21H22N4O2S. The Hall–Kier alpha value is -2.67. The van der Waals surface area contributed by atoms with E-state index in [0.29, 0.717) is 5.95 Å². The van der Waals surface area contributed by atoms with E-state index in [1.54, 1.807) is 18.2 Å². The number of aromatic nitrogens is 3. The minimum atomic E-state index is -3.73. The third-order valence-electron chi connectivity index (χ3n) is 5.73. The van der Waals surface area contributed by atoms with Gasteiger partial charge in [-0.2, -0.15) is 4.98 Å². The van der Waals surface area contributed by atoms with E-state index in [1.807, 2.05) is 13.0 Å². The van der Waals surface area contributed by atoms with E-state index in [1.165, 1.54) is 22.3 Å². The van der Waals surface area contributed by atoms with Crippen LogP contribution in [0, 0.1) is 6.92 Å². The van der Waals surface area contributed by atoms with Crippen LogP contribution in [0.2, 0.25) is 0 Å². The van der Waals surface area contributed by atoms with Crippen LogP contribution in [0.1, 0.15) is 40.7 Å². The van der Waals surface area contributed by atoms with Crippen molar-refractivity contribution in [1.82, 2.24) is 15.2 Å². The topological polar surface area (TPSA) is 87.7 Å². The van der Waals surface area contributed by atoms with E-state index in [2.05, 4.69) is 26.6 Å². The van der Waals surface area contributed by atoms with Gasteiger partial charge in [0, 0.05) is 5.69 Å². The Morgan fingerprint density at radius 1 is 1.00 bits per heavy atom. The molecule has 0 saturated heterocycles. The Kier molecular flexibility index (Phi) is 4.01. The summed E-state index contributed by atoms with van der Waals surface area (Å²) in [6, 6.07) is 9.18. The van der Waals surface area contributed by atoms with E-state index in [9.17, 15) is 8.42 Å². The van der Waals surface area contributed by atoms with Crippen molar-refractivity contribution in [3.8, 4) is 0 Å². The van der Waals surface area contributed by atoms with Gasteiger partial charge in [-0.1, -0.05) is 18.2 Å². The van der Waals surface area contributed by atoms with Gasteiger partial charge in [0.05, 0.1) is 4.90 Å². The molecule has 28 heavy (non-hydrogen) atoms. The maximum Gasteiger partial charge on any atom is 0.249 e. The van der Waals surface area contributed by atoms with Crippen LogP contribution in [0.25, 0.3) is 0 Å². The fraction of sp³-hybridized carbons (Fsp3) is 0.333. The van der Waals surface area contributed by atoms with Crippen LogP contribution < -0.4 is 5.32 Å². The summed E-state index contributed by atoms with van der Waals surface area (Å²) in [7, 11) is -3.73. The first-order chi connectivity index (χ1) is 13.5. The maximum absolute atomic E-state index is 12.9. The van der Waals surface area contributed by atoms with E-state index in [-0.39, 0.29) is 10.1 Å².